The molecule has 0 aliphatic rings. The summed E-state index contributed by atoms with van der Waals surface area (Å²) in [6.45, 7) is 2.18. The molecule has 0 atom stereocenters. The molecule has 0 aliphatic heterocycles. The third-order valence-corrected chi connectivity index (χ3v) is 4.44. The minimum absolute atomic E-state index is 0.565. The quantitative estimate of drug-likeness (QED) is 0.705. The van der Waals surface area contributed by atoms with Crippen LogP contribution < -0.4 is 0 Å². The fraction of sp³-hybridized carbons (Fsp3) is 0.333. The van der Waals surface area contributed by atoms with Crippen molar-refractivity contribution in [3.05, 3.63) is 42.0 Å². The zero-order chi connectivity index (χ0) is 10.4. The highest BCUT2D eigenvalue weighted by Gasteiger charge is 2.01. The molecule has 0 radical (unpaired) electrons. The maximum Gasteiger partial charge on any atom is 0.0682 e. The normalized spacial score (nSPS) is 12.1. The lowest BCUT2D eigenvalue weighted by atomic mass is 10.1. The Bertz CT molecular complexity index is 286. The Hall–Kier alpha value is -0.340. The van der Waals surface area contributed by atoms with Gasteiger partial charge in [-0.15, -0.1) is 23.5 Å². The van der Waals surface area contributed by atoms with Crippen LogP contribution in [0.4, 0.5) is 0 Å². The molecular weight excluding hydrogens is 208 g/mol. The summed E-state index contributed by atoms with van der Waals surface area (Å²) < 4.78 is 0.565. The molecule has 1 aromatic carbocycles. The number of hydrogen-bond donors (Lipinski definition) is 0. The van der Waals surface area contributed by atoms with Gasteiger partial charge in [0.15, 0.2) is 0 Å². The molecule has 1 rings (SSSR count). The molecule has 0 N–H and O–H groups in total. The second-order valence-electron chi connectivity index (χ2n) is 3.06. The third-order valence-electron chi connectivity index (χ3n) is 2.08. The van der Waals surface area contributed by atoms with Gasteiger partial charge in [-0.1, -0.05) is 36.4 Å². The van der Waals surface area contributed by atoms with Crippen LogP contribution in [0.1, 0.15) is 12.5 Å². The van der Waals surface area contributed by atoms with E-state index in [1.807, 2.05) is 23.5 Å². The number of hydrogen-bond acceptors (Lipinski definition) is 2. The van der Waals surface area contributed by atoms with Gasteiger partial charge in [-0.3, -0.25) is 0 Å². The lowest BCUT2D eigenvalue weighted by Crippen LogP contribution is -1.90. The van der Waals surface area contributed by atoms with Gasteiger partial charge in [0.1, 0.15) is 0 Å². The predicted molar refractivity (Wildman–Crippen MR) is 70.9 cm³/mol. The van der Waals surface area contributed by atoms with Crippen molar-refractivity contribution in [3.63, 3.8) is 0 Å². The Balaban J connectivity index is 2.78. The van der Waals surface area contributed by atoms with E-state index in [4.69, 9.17) is 0 Å². The Morgan fingerprint density at radius 2 is 1.71 bits per heavy atom. The minimum atomic E-state index is 0.565. The van der Waals surface area contributed by atoms with Gasteiger partial charge < -0.3 is 0 Å². The largest absolute Gasteiger partial charge is 0.147 e. The van der Waals surface area contributed by atoms with Gasteiger partial charge in [0, 0.05) is 0 Å². The number of thioether (sulfide) groups is 2. The second-order valence-corrected chi connectivity index (χ2v) is 5.31. The first-order chi connectivity index (χ1) is 6.77. The molecule has 0 saturated heterocycles. The minimum Gasteiger partial charge on any atom is -0.147 e. The number of benzene rings is 1. The molecular formula is C12H16S2. The molecule has 0 saturated carbocycles. The van der Waals surface area contributed by atoms with Crippen LogP contribution in [0.25, 0.3) is 5.57 Å². The Kier molecular flexibility index (Phi) is 5.20. The maximum absolute atomic E-state index is 2.32. The summed E-state index contributed by atoms with van der Waals surface area (Å²) >= 11 is 3.76. The van der Waals surface area contributed by atoms with Gasteiger partial charge in [-0.25, -0.2) is 0 Å². The molecule has 14 heavy (non-hydrogen) atoms. The third kappa shape index (κ3) is 3.43. The van der Waals surface area contributed by atoms with Crippen LogP contribution in [-0.4, -0.2) is 17.1 Å². The van der Waals surface area contributed by atoms with E-state index >= 15 is 0 Å². The monoisotopic (exact) mass is 224 g/mol. The van der Waals surface area contributed by atoms with E-state index in [9.17, 15) is 0 Å². The van der Waals surface area contributed by atoms with Crippen molar-refractivity contribution in [2.75, 3.05) is 12.5 Å². The average Bonchev–Trinajstić information content (AvgIpc) is 2.26. The van der Waals surface area contributed by atoms with Crippen molar-refractivity contribution >= 4 is 29.1 Å². The van der Waals surface area contributed by atoms with Crippen molar-refractivity contribution in [2.24, 2.45) is 0 Å². The summed E-state index contributed by atoms with van der Waals surface area (Å²) in [5.41, 5.74) is 2.68. The first-order valence-corrected chi connectivity index (χ1v) is 7.15. The van der Waals surface area contributed by atoms with Crippen LogP contribution in [0.2, 0.25) is 0 Å². The summed E-state index contributed by atoms with van der Waals surface area (Å²) in [6, 6.07) is 10.5. The van der Waals surface area contributed by atoms with Crippen molar-refractivity contribution in [1.82, 2.24) is 0 Å². The summed E-state index contributed by atoms with van der Waals surface area (Å²) in [7, 11) is 0. The predicted octanol–water partition coefficient (Wildman–Crippen LogP) is 4.14. The molecule has 2 heteroatoms. The van der Waals surface area contributed by atoms with E-state index in [-0.39, 0.29) is 0 Å². The average molecular weight is 224 g/mol. The van der Waals surface area contributed by atoms with Crippen molar-refractivity contribution in [3.8, 4) is 0 Å². The van der Waals surface area contributed by atoms with Crippen LogP contribution in [0.3, 0.4) is 0 Å². The Morgan fingerprint density at radius 3 is 2.21 bits per heavy atom. The molecule has 0 unspecified atom stereocenters. The Morgan fingerprint density at radius 1 is 1.14 bits per heavy atom. The van der Waals surface area contributed by atoms with Gasteiger partial charge in [0.25, 0.3) is 0 Å². The second kappa shape index (κ2) is 6.20. The molecule has 76 valence electrons. The standard InChI is InChI=1S/C12H16S2/c1-10(9-12(13-2)14-3)11-7-5-4-6-8-11/h4-9,12H,1-3H3/b10-9-. The van der Waals surface area contributed by atoms with E-state index in [2.05, 4.69) is 55.8 Å². The van der Waals surface area contributed by atoms with Crippen LogP contribution in [0.15, 0.2) is 36.4 Å². The van der Waals surface area contributed by atoms with Crippen molar-refractivity contribution in [2.45, 2.75) is 11.5 Å². The fourth-order valence-corrected chi connectivity index (χ4v) is 2.68. The number of allylic oxidation sites excluding steroid dienone is 1. The van der Waals surface area contributed by atoms with Crippen LogP contribution in [0, 0.1) is 0 Å². The summed E-state index contributed by atoms with van der Waals surface area (Å²) in [4.78, 5) is 0. The topological polar surface area (TPSA) is 0 Å². The summed E-state index contributed by atoms with van der Waals surface area (Å²) in [6.07, 6.45) is 6.62. The van der Waals surface area contributed by atoms with Crippen molar-refractivity contribution < 1.29 is 0 Å². The summed E-state index contributed by atoms with van der Waals surface area (Å²) in [5, 5.41) is 0. The fourth-order valence-electron chi connectivity index (χ4n) is 1.23. The molecule has 0 fully saturated rings. The van der Waals surface area contributed by atoms with Gasteiger partial charge in [0.05, 0.1) is 4.58 Å². The first kappa shape index (κ1) is 11.7. The smallest absolute Gasteiger partial charge is 0.0682 e. The molecule has 0 bridgehead atoms. The molecule has 0 heterocycles. The van der Waals surface area contributed by atoms with E-state index in [1.54, 1.807) is 0 Å². The van der Waals surface area contributed by atoms with E-state index in [0.29, 0.717) is 4.58 Å². The molecule has 0 spiro atoms. The van der Waals surface area contributed by atoms with Gasteiger partial charge >= 0.3 is 0 Å². The number of rotatable bonds is 4. The highest BCUT2D eigenvalue weighted by atomic mass is 32.2. The maximum atomic E-state index is 2.32. The van der Waals surface area contributed by atoms with E-state index in [0.717, 1.165) is 0 Å². The SMILES string of the molecule is CSC(/C=C(/C)c1ccccc1)SC. The van der Waals surface area contributed by atoms with Crippen LogP contribution in [-0.2, 0) is 0 Å². The lowest BCUT2D eigenvalue weighted by molar-refractivity contribution is 1.52. The zero-order valence-corrected chi connectivity index (χ0v) is 10.5. The summed E-state index contributed by atoms with van der Waals surface area (Å²) in [5.74, 6) is 0. The van der Waals surface area contributed by atoms with E-state index < -0.39 is 0 Å². The molecule has 0 aliphatic carbocycles. The first-order valence-electron chi connectivity index (χ1n) is 4.57. The van der Waals surface area contributed by atoms with E-state index in [1.165, 1.54) is 11.1 Å². The highest BCUT2D eigenvalue weighted by Crippen LogP contribution is 2.24. The molecule has 0 aromatic heterocycles. The van der Waals surface area contributed by atoms with Gasteiger partial charge in [0.2, 0.25) is 0 Å². The van der Waals surface area contributed by atoms with Crippen LogP contribution in [0.5, 0.6) is 0 Å². The highest BCUT2D eigenvalue weighted by molar-refractivity contribution is 8.16. The van der Waals surface area contributed by atoms with Crippen molar-refractivity contribution in [1.29, 1.82) is 0 Å². The lowest BCUT2D eigenvalue weighted by Gasteiger charge is -2.08. The zero-order valence-electron chi connectivity index (χ0n) is 8.86. The molecule has 0 amide bonds. The van der Waals surface area contributed by atoms with Gasteiger partial charge in [-0.2, -0.15) is 0 Å². The Labute approximate surface area is 95.2 Å². The molecule has 1 aromatic rings. The van der Waals surface area contributed by atoms with Gasteiger partial charge in [-0.05, 0) is 30.6 Å². The molecule has 0 nitrogen and oxygen atoms in total. The van der Waals surface area contributed by atoms with Crippen LogP contribution >= 0.6 is 23.5 Å².